The van der Waals surface area contributed by atoms with Gasteiger partial charge in [-0.1, -0.05) is 18.2 Å². The highest BCUT2D eigenvalue weighted by molar-refractivity contribution is 7.17. The Labute approximate surface area is 97.7 Å². The van der Waals surface area contributed by atoms with Crippen molar-refractivity contribution >= 4 is 27.3 Å². The zero-order chi connectivity index (χ0) is 11.5. The molecule has 1 aromatic carbocycles. The second-order valence-corrected chi connectivity index (χ2v) is 4.55. The maximum absolute atomic E-state index is 10.8. The lowest BCUT2D eigenvalue weighted by Crippen LogP contribution is -2.25. The van der Waals surface area contributed by atoms with Gasteiger partial charge in [0.15, 0.2) is 0 Å². The predicted molar refractivity (Wildman–Crippen MR) is 65.5 cm³/mol. The summed E-state index contributed by atoms with van der Waals surface area (Å²) >= 11 is 1.60. The van der Waals surface area contributed by atoms with E-state index in [1.807, 2.05) is 29.6 Å². The number of hydrogen-bond acceptors (Lipinski definition) is 3. The summed E-state index contributed by atoms with van der Waals surface area (Å²) < 4.78 is 1.15. The Bertz CT molecular complexity index is 506. The Balaban J connectivity index is 2.22. The average Bonchev–Trinajstić information content (AvgIpc) is 2.69. The molecule has 0 aliphatic heterocycles. The lowest BCUT2D eigenvalue weighted by molar-refractivity contribution is -0.119. The van der Waals surface area contributed by atoms with Crippen molar-refractivity contribution in [2.45, 2.75) is 13.0 Å². The summed E-state index contributed by atoms with van der Waals surface area (Å²) in [7, 11) is 0. The van der Waals surface area contributed by atoms with Gasteiger partial charge in [0, 0.05) is 23.7 Å². The highest BCUT2D eigenvalue weighted by Gasteiger charge is 2.12. The van der Waals surface area contributed by atoms with Crippen molar-refractivity contribution in [2.24, 2.45) is 0 Å². The van der Waals surface area contributed by atoms with Gasteiger partial charge in [-0.3, -0.25) is 4.79 Å². The fourth-order valence-corrected chi connectivity index (χ4v) is 2.61. The summed E-state index contributed by atoms with van der Waals surface area (Å²) in [6, 6.07) is 7.93. The van der Waals surface area contributed by atoms with Crippen LogP contribution in [0.3, 0.4) is 0 Å². The number of nitrogens with one attached hydrogen (secondary N) is 1. The summed E-state index contributed by atoms with van der Waals surface area (Å²) in [6.07, 6.45) is -0.639. The fraction of sp³-hybridized carbons (Fsp3) is 0.250. The molecule has 0 fully saturated rings. The van der Waals surface area contributed by atoms with Crippen LogP contribution in [0.1, 0.15) is 18.6 Å². The number of amides is 1. The van der Waals surface area contributed by atoms with Crippen molar-refractivity contribution in [3.63, 3.8) is 0 Å². The number of thiophene rings is 1. The van der Waals surface area contributed by atoms with Gasteiger partial charge in [0.25, 0.3) is 0 Å². The topological polar surface area (TPSA) is 49.3 Å². The van der Waals surface area contributed by atoms with Crippen LogP contribution in [0.25, 0.3) is 10.1 Å². The molecule has 84 valence electrons. The molecule has 0 bridgehead atoms. The van der Waals surface area contributed by atoms with E-state index in [1.165, 1.54) is 6.92 Å². The first-order valence-electron chi connectivity index (χ1n) is 5.07. The van der Waals surface area contributed by atoms with Gasteiger partial charge in [0.2, 0.25) is 5.91 Å². The Kier molecular flexibility index (Phi) is 3.22. The summed E-state index contributed by atoms with van der Waals surface area (Å²) in [5, 5.41) is 15.6. The van der Waals surface area contributed by atoms with Gasteiger partial charge in [-0.15, -0.1) is 11.3 Å². The van der Waals surface area contributed by atoms with Gasteiger partial charge in [-0.25, -0.2) is 0 Å². The van der Waals surface area contributed by atoms with Gasteiger partial charge < -0.3 is 10.4 Å². The highest BCUT2D eigenvalue weighted by Crippen LogP contribution is 2.29. The number of fused-ring (bicyclic) bond motifs is 1. The van der Waals surface area contributed by atoms with Crippen molar-refractivity contribution in [3.05, 3.63) is 35.2 Å². The monoisotopic (exact) mass is 235 g/mol. The first-order chi connectivity index (χ1) is 7.68. The number of benzene rings is 1. The van der Waals surface area contributed by atoms with Crippen LogP contribution in [0.15, 0.2) is 29.6 Å². The maximum atomic E-state index is 10.8. The largest absolute Gasteiger partial charge is 0.387 e. The molecule has 4 heteroatoms. The van der Waals surface area contributed by atoms with E-state index in [-0.39, 0.29) is 12.5 Å². The normalized spacial score (nSPS) is 12.6. The number of hydrogen-bond donors (Lipinski definition) is 2. The lowest BCUT2D eigenvalue weighted by atomic mass is 10.1. The molecule has 0 saturated heterocycles. The number of aliphatic hydroxyl groups excluding tert-OH is 1. The Hall–Kier alpha value is -1.39. The summed E-state index contributed by atoms with van der Waals surface area (Å²) in [5.41, 5.74) is 0.884. The molecule has 2 aromatic rings. The molecule has 1 aromatic heterocycles. The zero-order valence-corrected chi connectivity index (χ0v) is 9.75. The number of rotatable bonds is 3. The van der Waals surface area contributed by atoms with Gasteiger partial charge in [-0.05, 0) is 16.8 Å². The average molecular weight is 235 g/mol. The van der Waals surface area contributed by atoms with E-state index in [1.54, 1.807) is 11.3 Å². The van der Waals surface area contributed by atoms with E-state index < -0.39 is 6.10 Å². The molecule has 16 heavy (non-hydrogen) atoms. The molecule has 3 nitrogen and oxygen atoms in total. The Morgan fingerprint density at radius 3 is 3.00 bits per heavy atom. The van der Waals surface area contributed by atoms with Crippen LogP contribution in [0.2, 0.25) is 0 Å². The molecule has 2 rings (SSSR count). The van der Waals surface area contributed by atoms with Crippen LogP contribution in [0, 0.1) is 0 Å². The molecular formula is C12H13NO2S. The lowest BCUT2D eigenvalue weighted by Gasteiger charge is -2.10. The van der Waals surface area contributed by atoms with Crippen LogP contribution in [0.5, 0.6) is 0 Å². The standard InChI is InChI=1S/C12H13NO2S/c1-8(14)13-6-11(15)10-7-16-12-5-3-2-4-9(10)12/h2-5,7,11,15H,6H2,1H3,(H,13,14)/t11-/m0/s1. The summed E-state index contributed by atoms with van der Waals surface area (Å²) in [6.45, 7) is 1.70. The van der Waals surface area contributed by atoms with E-state index in [4.69, 9.17) is 0 Å². The molecular weight excluding hydrogens is 222 g/mol. The fourth-order valence-electron chi connectivity index (χ4n) is 1.61. The highest BCUT2D eigenvalue weighted by atomic mass is 32.1. The van der Waals surface area contributed by atoms with E-state index in [9.17, 15) is 9.90 Å². The van der Waals surface area contributed by atoms with E-state index in [0.717, 1.165) is 15.6 Å². The zero-order valence-electron chi connectivity index (χ0n) is 8.93. The minimum Gasteiger partial charge on any atom is -0.387 e. The number of carbonyl (C=O) groups excluding carboxylic acids is 1. The molecule has 0 spiro atoms. The summed E-state index contributed by atoms with van der Waals surface area (Å²) in [4.78, 5) is 10.8. The Morgan fingerprint density at radius 1 is 1.50 bits per heavy atom. The SMILES string of the molecule is CC(=O)NC[C@H](O)c1csc2ccccc12. The van der Waals surface area contributed by atoms with Crippen molar-refractivity contribution in [2.75, 3.05) is 6.54 Å². The second-order valence-electron chi connectivity index (χ2n) is 3.64. The third-order valence-corrected chi connectivity index (χ3v) is 3.40. The van der Waals surface area contributed by atoms with E-state index >= 15 is 0 Å². The molecule has 1 heterocycles. The Morgan fingerprint density at radius 2 is 2.25 bits per heavy atom. The molecule has 0 unspecified atom stereocenters. The molecule has 0 aliphatic carbocycles. The minimum absolute atomic E-state index is 0.126. The van der Waals surface area contributed by atoms with Crippen LogP contribution in [0.4, 0.5) is 0 Å². The van der Waals surface area contributed by atoms with Crippen LogP contribution >= 0.6 is 11.3 Å². The van der Waals surface area contributed by atoms with Crippen molar-refractivity contribution in [1.29, 1.82) is 0 Å². The van der Waals surface area contributed by atoms with E-state index in [2.05, 4.69) is 5.32 Å². The molecule has 1 amide bonds. The minimum atomic E-state index is -0.639. The van der Waals surface area contributed by atoms with Gasteiger partial charge >= 0.3 is 0 Å². The summed E-state index contributed by atoms with van der Waals surface area (Å²) in [5.74, 6) is -0.126. The first kappa shape index (κ1) is 11.1. The third kappa shape index (κ3) is 2.23. The van der Waals surface area contributed by atoms with E-state index in [0.29, 0.717) is 0 Å². The first-order valence-corrected chi connectivity index (χ1v) is 5.95. The molecule has 0 aliphatic rings. The molecule has 2 N–H and O–H groups in total. The quantitative estimate of drug-likeness (QED) is 0.855. The molecule has 0 radical (unpaired) electrons. The van der Waals surface area contributed by atoms with Crippen molar-refractivity contribution in [1.82, 2.24) is 5.32 Å². The van der Waals surface area contributed by atoms with Gasteiger partial charge in [0.1, 0.15) is 0 Å². The second kappa shape index (κ2) is 4.63. The van der Waals surface area contributed by atoms with Gasteiger partial charge in [-0.2, -0.15) is 0 Å². The number of aliphatic hydroxyl groups is 1. The third-order valence-electron chi connectivity index (χ3n) is 2.41. The van der Waals surface area contributed by atoms with Crippen LogP contribution in [-0.2, 0) is 4.79 Å². The number of carbonyl (C=O) groups is 1. The molecule has 0 saturated carbocycles. The smallest absolute Gasteiger partial charge is 0.216 e. The maximum Gasteiger partial charge on any atom is 0.216 e. The van der Waals surface area contributed by atoms with Crippen molar-refractivity contribution in [3.8, 4) is 0 Å². The molecule has 1 atom stereocenters. The van der Waals surface area contributed by atoms with Crippen molar-refractivity contribution < 1.29 is 9.90 Å². The van der Waals surface area contributed by atoms with Crippen LogP contribution in [-0.4, -0.2) is 17.6 Å². The predicted octanol–water partition coefficient (Wildman–Crippen LogP) is 2.07. The van der Waals surface area contributed by atoms with Gasteiger partial charge in [0.05, 0.1) is 6.10 Å². The van der Waals surface area contributed by atoms with Crippen LogP contribution < -0.4 is 5.32 Å².